The lowest BCUT2D eigenvalue weighted by atomic mass is 9.99. The minimum absolute atomic E-state index is 0.0292. The van der Waals surface area contributed by atoms with E-state index >= 15 is 0 Å². The molecule has 134 valence electrons. The van der Waals surface area contributed by atoms with E-state index in [1.807, 2.05) is 55.2 Å². The molecule has 0 radical (unpaired) electrons. The number of piperidine rings is 1. The molecule has 1 N–H and O–H groups in total. The Morgan fingerprint density at radius 3 is 2.88 bits per heavy atom. The average molecular weight is 361 g/mol. The molecule has 3 rings (SSSR count). The minimum Gasteiger partial charge on any atom is -0.348 e. The first-order valence-corrected chi connectivity index (χ1v) is 9.20. The van der Waals surface area contributed by atoms with Crippen LogP contribution in [0.1, 0.15) is 49.5 Å². The summed E-state index contributed by atoms with van der Waals surface area (Å²) in [6.45, 7) is 3.29. The van der Waals surface area contributed by atoms with Gasteiger partial charge in [0.25, 0.3) is 0 Å². The molecule has 2 atom stereocenters. The largest absolute Gasteiger partial charge is 0.348 e. The van der Waals surface area contributed by atoms with Crippen molar-refractivity contribution in [1.29, 1.82) is 0 Å². The number of aromatic nitrogens is 2. The van der Waals surface area contributed by atoms with Crippen LogP contribution in [0.3, 0.4) is 0 Å². The van der Waals surface area contributed by atoms with Gasteiger partial charge >= 0.3 is 0 Å². The van der Waals surface area contributed by atoms with Crippen LogP contribution < -0.4 is 5.32 Å². The molecule has 0 unspecified atom stereocenters. The van der Waals surface area contributed by atoms with Crippen molar-refractivity contribution in [2.45, 2.75) is 38.3 Å². The number of benzene rings is 1. The van der Waals surface area contributed by atoms with E-state index in [1.54, 1.807) is 0 Å². The molecular formula is C19H25ClN4O. The number of carbonyl (C=O) groups excluding carboxylic acids is 1. The third-order valence-corrected chi connectivity index (χ3v) is 5.25. The van der Waals surface area contributed by atoms with Gasteiger partial charge in [0.05, 0.1) is 24.3 Å². The summed E-state index contributed by atoms with van der Waals surface area (Å²) in [5.74, 6) is 0.0292. The van der Waals surface area contributed by atoms with Crippen LogP contribution in [0.5, 0.6) is 0 Å². The first kappa shape index (κ1) is 18.0. The molecule has 2 aromatic rings. The van der Waals surface area contributed by atoms with Crippen LogP contribution in [0, 0.1) is 0 Å². The monoisotopic (exact) mass is 360 g/mol. The first-order chi connectivity index (χ1) is 12.1. The van der Waals surface area contributed by atoms with E-state index in [4.69, 9.17) is 11.6 Å². The number of likely N-dealkylation sites (tertiary alicyclic amines) is 1. The maximum absolute atomic E-state index is 12.6. The summed E-state index contributed by atoms with van der Waals surface area (Å²) in [4.78, 5) is 14.8. The van der Waals surface area contributed by atoms with E-state index in [0.29, 0.717) is 11.6 Å². The third kappa shape index (κ3) is 4.22. The zero-order valence-corrected chi connectivity index (χ0v) is 15.5. The zero-order valence-electron chi connectivity index (χ0n) is 14.8. The molecule has 0 aliphatic carbocycles. The summed E-state index contributed by atoms with van der Waals surface area (Å²) in [6.07, 6.45) is 5.19. The Kier molecular flexibility index (Phi) is 5.76. The highest BCUT2D eigenvalue weighted by molar-refractivity contribution is 6.31. The number of aryl methyl sites for hydroxylation is 1. The van der Waals surface area contributed by atoms with Gasteiger partial charge in [-0.05, 0) is 44.0 Å². The summed E-state index contributed by atoms with van der Waals surface area (Å²) in [7, 11) is 1.96. The molecule has 0 saturated carbocycles. The minimum atomic E-state index is -0.110. The van der Waals surface area contributed by atoms with E-state index in [2.05, 4.69) is 15.3 Å². The van der Waals surface area contributed by atoms with Crippen LogP contribution in [0.25, 0.3) is 0 Å². The van der Waals surface area contributed by atoms with Crippen LogP contribution in [-0.4, -0.2) is 33.7 Å². The average Bonchev–Trinajstić information content (AvgIpc) is 3.01. The van der Waals surface area contributed by atoms with Gasteiger partial charge < -0.3 is 5.32 Å². The van der Waals surface area contributed by atoms with Gasteiger partial charge in [-0.3, -0.25) is 14.4 Å². The molecule has 0 bridgehead atoms. The molecule has 1 saturated heterocycles. The van der Waals surface area contributed by atoms with Crippen molar-refractivity contribution in [2.75, 3.05) is 13.1 Å². The van der Waals surface area contributed by atoms with Crippen LogP contribution in [0.15, 0.2) is 36.5 Å². The van der Waals surface area contributed by atoms with Gasteiger partial charge in [-0.1, -0.05) is 36.2 Å². The van der Waals surface area contributed by atoms with E-state index in [-0.39, 0.29) is 18.0 Å². The number of amides is 1. The number of carbonyl (C=O) groups is 1. The molecule has 1 aliphatic rings. The van der Waals surface area contributed by atoms with Gasteiger partial charge in [0.15, 0.2) is 0 Å². The third-order valence-electron chi connectivity index (χ3n) is 4.91. The molecule has 25 heavy (non-hydrogen) atoms. The van der Waals surface area contributed by atoms with Gasteiger partial charge in [0, 0.05) is 18.3 Å². The van der Waals surface area contributed by atoms with Crippen LogP contribution in [0.4, 0.5) is 0 Å². The number of rotatable bonds is 5. The normalized spacial score (nSPS) is 19.6. The lowest BCUT2D eigenvalue weighted by molar-refractivity contribution is -0.123. The van der Waals surface area contributed by atoms with Crippen molar-refractivity contribution in [2.24, 2.45) is 7.05 Å². The summed E-state index contributed by atoms with van der Waals surface area (Å²) >= 11 is 6.23. The van der Waals surface area contributed by atoms with E-state index < -0.39 is 0 Å². The highest BCUT2D eigenvalue weighted by Gasteiger charge is 2.28. The van der Waals surface area contributed by atoms with Crippen molar-refractivity contribution < 1.29 is 4.79 Å². The van der Waals surface area contributed by atoms with Crippen molar-refractivity contribution in [1.82, 2.24) is 20.0 Å². The van der Waals surface area contributed by atoms with Gasteiger partial charge in [-0.15, -0.1) is 0 Å². The first-order valence-electron chi connectivity index (χ1n) is 8.82. The predicted octanol–water partition coefficient (Wildman–Crippen LogP) is 3.48. The van der Waals surface area contributed by atoms with Crippen molar-refractivity contribution in [3.8, 4) is 0 Å². The second kappa shape index (κ2) is 8.02. The fraction of sp³-hybridized carbons (Fsp3) is 0.474. The number of nitrogens with one attached hydrogen (secondary N) is 1. The Morgan fingerprint density at radius 1 is 1.36 bits per heavy atom. The second-order valence-electron chi connectivity index (χ2n) is 6.67. The second-order valence-corrected chi connectivity index (χ2v) is 7.08. The van der Waals surface area contributed by atoms with Crippen LogP contribution >= 0.6 is 11.6 Å². The highest BCUT2D eigenvalue weighted by Crippen LogP contribution is 2.30. The fourth-order valence-electron chi connectivity index (χ4n) is 3.60. The molecule has 1 aliphatic heterocycles. The van der Waals surface area contributed by atoms with Crippen molar-refractivity contribution in [3.05, 3.63) is 52.8 Å². The Labute approximate surface area is 154 Å². The molecule has 0 spiro atoms. The van der Waals surface area contributed by atoms with Crippen LogP contribution in [-0.2, 0) is 11.8 Å². The summed E-state index contributed by atoms with van der Waals surface area (Å²) < 4.78 is 1.91. The maximum Gasteiger partial charge on any atom is 0.234 e. The van der Waals surface area contributed by atoms with Crippen molar-refractivity contribution >= 4 is 17.5 Å². The van der Waals surface area contributed by atoms with E-state index in [9.17, 15) is 4.79 Å². The van der Waals surface area contributed by atoms with Gasteiger partial charge in [0.2, 0.25) is 5.91 Å². The maximum atomic E-state index is 12.6. The fourth-order valence-corrected chi connectivity index (χ4v) is 3.90. The van der Waals surface area contributed by atoms with Crippen molar-refractivity contribution in [3.63, 3.8) is 0 Å². The molecule has 5 nitrogen and oxygen atoms in total. The molecule has 1 amide bonds. The lowest BCUT2D eigenvalue weighted by Crippen LogP contribution is -2.42. The SMILES string of the molecule is C[C@@H](NC(=O)CN1CCCC[C@H]1c1ccnn1C)c1ccccc1Cl. The predicted molar refractivity (Wildman–Crippen MR) is 99.4 cm³/mol. The van der Waals surface area contributed by atoms with E-state index in [0.717, 1.165) is 24.9 Å². The van der Waals surface area contributed by atoms with Gasteiger partial charge in [-0.2, -0.15) is 5.10 Å². The van der Waals surface area contributed by atoms with E-state index in [1.165, 1.54) is 12.1 Å². The number of hydrogen-bond donors (Lipinski definition) is 1. The quantitative estimate of drug-likeness (QED) is 0.888. The molecule has 1 aromatic carbocycles. The summed E-state index contributed by atoms with van der Waals surface area (Å²) in [5, 5.41) is 8.04. The Bertz CT molecular complexity index is 730. The standard InChI is InChI=1S/C19H25ClN4O/c1-14(15-7-3-4-8-16(15)20)22-19(25)13-24-12-6-5-9-18(24)17-10-11-21-23(17)2/h3-4,7-8,10-11,14,18H,5-6,9,12-13H2,1-2H3,(H,22,25)/t14-,18+/m1/s1. The molecule has 2 heterocycles. The number of nitrogens with zero attached hydrogens (tertiary/aromatic N) is 3. The molecule has 1 aromatic heterocycles. The highest BCUT2D eigenvalue weighted by atomic mass is 35.5. The Balaban J connectivity index is 1.65. The van der Waals surface area contributed by atoms with Gasteiger partial charge in [0.1, 0.15) is 0 Å². The Hall–Kier alpha value is -1.85. The zero-order chi connectivity index (χ0) is 17.8. The smallest absolute Gasteiger partial charge is 0.234 e. The summed E-state index contributed by atoms with van der Waals surface area (Å²) in [5.41, 5.74) is 2.12. The molecular weight excluding hydrogens is 336 g/mol. The number of halogens is 1. The van der Waals surface area contributed by atoms with Crippen LogP contribution in [0.2, 0.25) is 5.02 Å². The molecule has 6 heteroatoms. The lowest BCUT2D eigenvalue weighted by Gasteiger charge is -2.35. The summed E-state index contributed by atoms with van der Waals surface area (Å²) in [6, 6.07) is 9.82. The van der Waals surface area contributed by atoms with Gasteiger partial charge in [-0.25, -0.2) is 0 Å². The topological polar surface area (TPSA) is 50.2 Å². The number of hydrogen-bond acceptors (Lipinski definition) is 3. The molecule has 1 fully saturated rings. The Morgan fingerprint density at radius 2 is 2.16 bits per heavy atom.